The quantitative estimate of drug-likeness (QED) is 0.906. The van der Waals surface area contributed by atoms with Gasteiger partial charge in [0.05, 0.1) is 23.8 Å². The van der Waals surface area contributed by atoms with Crippen molar-refractivity contribution in [3.8, 4) is 10.6 Å². The van der Waals surface area contributed by atoms with Crippen molar-refractivity contribution >= 4 is 17.2 Å². The van der Waals surface area contributed by atoms with Crippen LogP contribution in [0.4, 0.5) is 13.2 Å². The predicted molar refractivity (Wildman–Crippen MR) is 78.0 cm³/mol. The topological polar surface area (TPSA) is 68.0 Å². The Morgan fingerprint density at radius 2 is 2.00 bits per heavy atom. The number of rotatable bonds is 4. The van der Waals surface area contributed by atoms with Gasteiger partial charge in [-0.25, -0.2) is 4.98 Å². The second kappa shape index (κ2) is 6.45. The van der Waals surface area contributed by atoms with Crippen molar-refractivity contribution in [1.82, 2.24) is 10.3 Å². The molecule has 4 nitrogen and oxygen atoms in total. The van der Waals surface area contributed by atoms with Crippen LogP contribution in [0.15, 0.2) is 29.6 Å². The smallest absolute Gasteiger partial charge is 0.349 e. The number of halogens is 3. The summed E-state index contributed by atoms with van der Waals surface area (Å²) in [4.78, 5) is 15.6. The van der Waals surface area contributed by atoms with Gasteiger partial charge in [-0.1, -0.05) is 12.1 Å². The van der Waals surface area contributed by atoms with Crippen molar-refractivity contribution in [2.45, 2.75) is 25.7 Å². The Morgan fingerprint density at radius 3 is 2.55 bits per heavy atom. The molecular weight excluding hydrogens is 315 g/mol. The van der Waals surface area contributed by atoms with E-state index in [1.807, 2.05) is 0 Å². The lowest BCUT2D eigenvalue weighted by Crippen LogP contribution is -2.37. The molecule has 0 aliphatic carbocycles. The summed E-state index contributed by atoms with van der Waals surface area (Å²) in [5, 5.41) is 4.96. The minimum atomic E-state index is -4.35. The SMILES string of the molecule is C[C@H](N)C(=O)NCc1csc(-c2ccc(C(F)(F)F)cc2)n1. The molecule has 0 aliphatic rings. The molecule has 1 atom stereocenters. The van der Waals surface area contributed by atoms with E-state index in [0.717, 1.165) is 12.1 Å². The summed E-state index contributed by atoms with van der Waals surface area (Å²) >= 11 is 1.30. The van der Waals surface area contributed by atoms with Crippen LogP contribution in [0.25, 0.3) is 10.6 Å². The first-order chi connectivity index (χ1) is 10.3. The maximum absolute atomic E-state index is 12.5. The molecule has 0 fully saturated rings. The third kappa shape index (κ3) is 4.05. The predicted octanol–water partition coefficient (Wildman–Crippen LogP) is 2.79. The van der Waals surface area contributed by atoms with E-state index in [2.05, 4.69) is 10.3 Å². The van der Waals surface area contributed by atoms with E-state index in [1.54, 1.807) is 12.3 Å². The standard InChI is InChI=1S/C14H14F3N3OS/c1-8(18)12(21)19-6-11-7-22-13(20-11)9-2-4-10(5-3-9)14(15,16)17/h2-5,7-8H,6,18H2,1H3,(H,19,21)/t8-/m0/s1. The van der Waals surface area contributed by atoms with E-state index >= 15 is 0 Å². The highest BCUT2D eigenvalue weighted by atomic mass is 32.1. The van der Waals surface area contributed by atoms with Gasteiger partial charge >= 0.3 is 6.18 Å². The summed E-state index contributed by atoms with van der Waals surface area (Å²) in [7, 11) is 0. The molecule has 0 radical (unpaired) electrons. The molecule has 1 aromatic carbocycles. The molecule has 1 aromatic heterocycles. The summed E-state index contributed by atoms with van der Waals surface area (Å²) in [5.74, 6) is -0.288. The van der Waals surface area contributed by atoms with Crippen LogP contribution in [-0.4, -0.2) is 16.9 Å². The number of nitrogens with one attached hydrogen (secondary N) is 1. The van der Waals surface area contributed by atoms with Crippen LogP contribution in [0.2, 0.25) is 0 Å². The second-order valence-corrected chi connectivity index (χ2v) is 5.58. The van der Waals surface area contributed by atoms with Crippen LogP contribution in [0.3, 0.4) is 0 Å². The normalized spacial score (nSPS) is 13.0. The zero-order valence-electron chi connectivity index (χ0n) is 11.6. The minimum absolute atomic E-state index is 0.234. The molecule has 0 saturated heterocycles. The van der Waals surface area contributed by atoms with E-state index < -0.39 is 17.8 Å². The molecule has 3 N–H and O–H groups in total. The maximum atomic E-state index is 12.5. The fourth-order valence-corrected chi connectivity index (χ4v) is 2.49. The molecule has 118 valence electrons. The third-order valence-corrected chi connectivity index (χ3v) is 3.81. The highest BCUT2D eigenvalue weighted by Crippen LogP contribution is 2.31. The fraction of sp³-hybridized carbons (Fsp3) is 0.286. The molecule has 1 heterocycles. The lowest BCUT2D eigenvalue weighted by molar-refractivity contribution is -0.137. The summed E-state index contributed by atoms with van der Waals surface area (Å²) in [5.41, 5.74) is 5.96. The highest BCUT2D eigenvalue weighted by molar-refractivity contribution is 7.13. The van der Waals surface area contributed by atoms with Gasteiger partial charge in [-0.05, 0) is 19.1 Å². The summed E-state index contributed by atoms with van der Waals surface area (Å²) in [6.07, 6.45) is -4.35. The lowest BCUT2D eigenvalue weighted by Gasteiger charge is -2.06. The number of hydrogen-bond acceptors (Lipinski definition) is 4. The number of nitrogens with zero attached hydrogens (tertiary/aromatic N) is 1. The van der Waals surface area contributed by atoms with Crippen molar-refractivity contribution in [2.75, 3.05) is 0 Å². The number of nitrogens with two attached hydrogens (primary N) is 1. The van der Waals surface area contributed by atoms with Crippen LogP contribution >= 0.6 is 11.3 Å². The molecular formula is C14H14F3N3OS. The molecule has 0 bridgehead atoms. The van der Waals surface area contributed by atoms with Gasteiger partial charge in [-0.3, -0.25) is 4.79 Å². The molecule has 0 aliphatic heterocycles. The molecule has 22 heavy (non-hydrogen) atoms. The van der Waals surface area contributed by atoms with Crippen molar-refractivity contribution < 1.29 is 18.0 Å². The Morgan fingerprint density at radius 1 is 1.36 bits per heavy atom. The number of carbonyl (C=O) groups is 1. The Hall–Kier alpha value is -1.93. The monoisotopic (exact) mass is 329 g/mol. The number of hydrogen-bond donors (Lipinski definition) is 2. The van der Waals surface area contributed by atoms with Crippen LogP contribution in [-0.2, 0) is 17.5 Å². The van der Waals surface area contributed by atoms with Crippen molar-refractivity contribution in [2.24, 2.45) is 5.73 Å². The van der Waals surface area contributed by atoms with E-state index in [9.17, 15) is 18.0 Å². The van der Waals surface area contributed by atoms with Crippen molar-refractivity contribution in [3.05, 3.63) is 40.9 Å². The highest BCUT2D eigenvalue weighted by Gasteiger charge is 2.30. The zero-order chi connectivity index (χ0) is 16.3. The maximum Gasteiger partial charge on any atom is 0.416 e. The van der Waals surface area contributed by atoms with Crippen LogP contribution in [0.5, 0.6) is 0 Å². The number of aromatic nitrogens is 1. The number of amides is 1. The Labute approximate surface area is 129 Å². The lowest BCUT2D eigenvalue weighted by atomic mass is 10.1. The van der Waals surface area contributed by atoms with Gasteiger partial charge in [0, 0.05) is 10.9 Å². The Bertz CT molecular complexity index is 650. The van der Waals surface area contributed by atoms with Gasteiger partial charge in [0.15, 0.2) is 0 Å². The first kappa shape index (κ1) is 16.4. The Kier molecular flexibility index (Phi) is 4.82. The summed E-state index contributed by atoms with van der Waals surface area (Å²) < 4.78 is 37.5. The largest absolute Gasteiger partial charge is 0.416 e. The Balaban J connectivity index is 2.06. The van der Waals surface area contributed by atoms with Gasteiger partial charge in [0.1, 0.15) is 5.01 Å². The molecule has 2 aromatic rings. The average molecular weight is 329 g/mol. The van der Waals surface area contributed by atoms with Gasteiger partial charge in [-0.15, -0.1) is 11.3 Å². The number of benzene rings is 1. The number of alkyl halides is 3. The first-order valence-electron chi connectivity index (χ1n) is 6.42. The van der Waals surface area contributed by atoms with Crippen LogP contribution in [0.1, 0.15) is 18.2 Å². The molecule has 1 amide bonds. The van der Waals surface area contributed by atoms with Gasteiger partial charge < -0.3 is 11.1 Å². The van der Waals surface area contributed by atoms with E-state index in [4.69, 9.17) is 5.73 Å². The average Bonchev–Trinajstić information content (AvgIpc) is 2.92. The first-order valence-corrected chi connectivity index (χ1v) is 7.30. The van der Waals surface area contributed by atoms with E-state index in [-0.39, 0.29) is 12.5 Å². The van der Waals surface area contributed by atoms with Gasteiger partial charge in [0.25, 0.3) is 0 Å². The van der Waals surface area contributed by atoms with E-state index in [1.165, 1.54) is 23.5 Å². The molecule has 2 rings (SSSR count). The molecule has 0 unspecified atom stereocenters. The van der Waals surface area contributed by atoms with Gasteiger partial charge in [-0.2, -0.15) is 13.2 Å². The molecule has 0 spiro atoms. The fourth-order valence-electron chi connectivity index (χ4n) is 1.66. The van der Waals surface area contributed by atoms with E-state index in [0.29, 0.717) is 16.3 Å². The van der Waals surface area contributed by atoms with Gasteiger partial charge in [0.2, 0.25) is 5.91 Å². The summed E-state index contributed by atoms with van der Waals surface area (Å²) in [6.45, 7) is 1.81. The summed E-state index contributed by atoms with van der Waals surface area (Å²) in [6, 6.07) is 4.20. The van der Waals surface area contributed by atoms with Crippen molar-refractivity contribution in [3.63, 3.8) is 0 Å². The molecule has 0 saturated carbocycles. The van der Waals surface area contributed by atoms with Crippen molar-refractivity contribution in [1.29, 1.82) is 0 Å². The minimum Gasteiger partial charge on any atom is -0.349 e. The second-order valence-electron chi connectivity index (χ2n) is 4.73. The van der Waals surface area contributed by atoms with Crippen LogP contribution < -0.4 is 11.1 Å². The third-order valence-electron chi connectivity index (χ3n) is 2.87. The number of thiazole rings is 1. The number of carbonyl (C=O) groups excluding carboxylic acids is 1. The van der Waals surface area contributed by atoms with Crippen LogP contribution in [0, 0.1) is 0 Å². The zero-order valence-corrected chi connectivity index (χ0v) is 12.5. The molecule has 8 heteroatoms.